The summed E-state index contributed by atoms with van der Waals surface area (Å²) in [4.78, 5) is 34.0. The number of amides is 1. The Morgan fingerprint density at radius 3 is 2.70 bits per heavy atom. The molecule has 0 atom stereocenters. The van der Waals surface area contributed by atoms with Crippen LogP contribution in [-0.2, 0) is 11.3 Å². The van der Waals surface area contributed by atoms with Gasteiger partial charge in [0.1, 0.15) is 0 Å². The van der Waals surface area contributed by atoms with Gasteiger partial charge in [0.25, 0.3) is 11.6 Å². The van der Waals surface area contributed by atoms with Crippen LogP contribution in [0.5, 0.6) is 0 Å². The molecule has 30 heavy (non-hydrogen) atoms. The molecule has 0 aliphatic rings. The molecule has 2 aromatic heterocycles. The van der Waals surface area contributed by atoms with E-state index in [1.54, 1.807) is 29.3 Å². The number of rotatable bonds is 6. The van der Waals surface area contributed by atoms with E-state index in [0.717, 1.165) is 15.9 Å². The third kappa shape index (κ3) is 4.39. The first-order valence-electron chi connectivity index (χ1n) is 9.10. The summed E-state index contributed by atoms with van der Waals surface area (Å²) < 4.78 is 0.981. The minimum atomic E-state index is -0.465. The van der Waals surface area contributed by atoms with Crippen LogP contribution in [0.4, 0.5) is 10.8 Å². The van der Waals surface area contributed by atoms with Crippen LogP contribution >= 0.6 is 11.3 Å². The largest absolute Gasteiger partial charge is 0.278 e. The Morgan fingerprint density at radius 2 is 1.93 bits per heavy atom. The summed E-state index contributed by atoms with van der Waals surface area (Å²) in [5.74, 6) is -0.286. The van der Waals surface area contributed by atoms with Crippen molar-refractivity contribution in [2.45, 2.75) is 6.54 Å². The molecular weight excluding hydrogens is 400 g/mol. The van der Waals surface area contributed by atoms with Gasteiger partial charge in [-0.2, -0.15) is 0 Å². The minimum Gasteiger partial charge on any atom is -0.278 e. The van der Waals surface area contributed by atoms with Gasteiger partial charge < -0.3 is 0 Å². The lowest BCUT2D eigenvalue weighted by molar-refractivity contribution is -0.384. The van der Waals surface area contributed by atoms with Gasteiger partial charge in [0.05, 0.1) is 27.4 Å². The minimum absolute atomic E-state index is 0.0267. The monoisotopic (exact) mass is 416 g/mol. The topological polar surface area (TPSA) is 89.2 Å². The van der Waals surface area contributed by atoms with Gasteiger partial charge in [-0.05, 0) is 35.9 Å². The molecule has 0 spiro atoms. The van der Waals surface area contributed by atoms with E-state index in [0.29, 0.717) is 10.7 Å². The standard InChI is InChI=1S/C22H16N4O3S/c27-21(12-11-16-6-5-8-18(14-16)26(28)29)25(15-17-7-3-4-13-23-17)22-24-19-9-1-2-10-20(19)30-22/h1-14H,15H2/b12-11+. The van der Waals surface area contributed by atoms with Crippen LogP contribution in [0.3, 0.4) is 0 Å². The van der Waals surface area contributed by atoms with Crippen molar-refractivity contribution in [3.8, 4) is 0 Å². The molecule has 7 nitrogen and oxygen atoms in total. The highest BCUT2D eigenvalue weighted by atomic mass is 32.1. The van der Waals surface area contributed by atoms with Gasteiger partial charge in [-0.1, -0.05) is 41.7 Å². The van der Waals surface area contributed by atoms with E-state index >= 15 is 0 Å². The molecule has 0 saturated heterocycles. The van der Waals surface area contributed by atoms with Gasteiger partial charge in [-0.25, -0.2) is 4.98 Å². The van der Waals surface area contributed by atoms with E-state index in [4.69, 9.17) is 0 Å². The number of carbonyl (C=O) groups is 1. The number of nitro benzene ring substituents is 1. The Bertz CT molecular complexity index is 1200. The van der Waals surface area contributed by atoms with Crippen molar-refractivity contribution in [2.75, 3.05) is 4.90 Å². The van der Waals surface area contributed by atoms with Crippen molar-refractivity contribution in [2.24, 2.45) is 0 Å². The smallest absolute Gasteiger partial charge is 0.270 e. The Morgan fingerprint density at radius 1 is 1.10 bits per heavy atom. The van der Waals surface area contributed by atoms with Crippen LogP contribution in [0.2, 0.25) is 0 Å². The third-order valence-electron chi connectivity index (χ3n) is 4.33. The van der Waals surface area contributed by atoms with E-state index in [1.807, 2.05) is 42.5 Å². The Balaban J connectivity index is 1.65. The lowest BCUT2D eigenvalue weighted by atomic mass is 10.2. The molecule has 4 aromatic rings. The van der Waals surface area contributed by atoms with Crippen molar-refractivity contribution in [3.05, 3.63) is 100 Å². The van der Waals surface area contributed by atoms with Crippen LogP contribution < -0.4 is 4.90 Å². The molecule has 2 heterocycles. The number of nitrogens with zero attached hydrogens (tertiary/aromatic N) is 4. The summed E-state index contributed by atoms with van der Waals surface area (Å²) in [6.07, 6.45) is 4.64. The molecule has 0 aliphatic heterocycles. The van der Waals surface area contributed by atoms with Crippen molar-refractivity contribution in [3.63, 3.8) is 0 Å². The van der Waals surface area contributed by atoms with E-state index in [1.165, 1.54) is 29.5 Å². The van der Waals surface area contributed by atoms with Crippen LogP contribution in [-0.4, -0.2) is 20.8 Å². The zero-order valence-electron chi connectivity index (χ0n) is 15.7. The molecule has 2 aromatic carbocycles. The second kappa shape index (κ2) is 8.62. The molecule has 148 valence electrons. The number of carbonyl (C=O) groups excluding carboxylic acids is 1. The maximum Gasteiger partial charge on any atom is 0.270 e. The molecule has 1 amide bonds. The fourth-order valence-electron chi connectivity index (χ4n) is 2.87. The molecular formula is C22H16N4O3S. The predicted molar refractivity (Wildman–Crippen MR) is 117 cm³/mol. The number of hydrogen-bond acceptors (Lipinski definition) is 6. The van der Waals surface area contributed by atoms with Gasteiger partial charge >= 0.3 is 0 Å². The number of anilines is 1. The number of hydrogen-bond donors (Lipinski definition) is 0. The molecule has 0 fully saturated rings. The van der Waals surface area contributed by atoms with Gasteiger partial charge in [0.2, 0.25) is 0 Å². The Kier molecular flexibility index (Phi) is 5.58. The highest BCUT2D eigenvalue weighted by Crippen LogP contribution is 2.29. The van der Waals surface area contributed by atoms with E-state index in [-0.39, 0.29) is 18.1 Å². The van der Waals surface area contributed by atoms with Crippen LogP contribution in [0.1, 0.15) is 11.3 Å². The van der Waals surface area contributed by atoms with Gasteiger partial charge in [-0.3, -0.25) is 24.8 Å². The van der Waals surface area contributed by atoms with Gasteiger partial charge in [0, 0.05) is 24.4 Å². The molecule has 0 saturated carbocycles. The Labute approximate surface area is 176 Å². The Hall–Kier alpha value is -3.91. The molecule has 8 heteroatoms. The number of aromatic nitrogens is 2. The van der Waals surface area contributed by atoms with Crippen LogP contribution in [0, 0.1) is 10.1 Å². The summed E-state index contributed by atoms with van der Waals surface area (Å²) in [6, 6.07) is 19.3. The van der Waals surface area contributed by atoms with Crippen molar-refractivity contribution in [1.82, 2.24) is 9.97 Å². The summed E-state index contributed by atoms with van der Waals surface area (Å²) >= 11 is 1.42. The zero-order chi connectivity index (χ0) is 20.9. The normalized spacial score (nSPS) is 11.1. The first-order chi connectivity index (χ1) is 14.6. The van der Waals surface area contributed by atoms with Gasteiger partial charge in [-0.15, -0.1) is 0 Å². The summed E-state index contributed by atoms with van der Waals surface area (Å²) in [5.41, 5.74) is 2.09. The quantitative estimate of drug-likeness (QED) is 0.255. The van der Waals surface area contributed by atoms with Crippen molar-refractivity contribution < 1.29 is 9.72 Å². The maximum absolute atomic E-state index is 13.1. The summed E-state index contributed by atoms with van der Waals surface area (Å²) in [7, 11) is 0. The third-order valence-corrected chi connectivity index (χ3v) is 5.38. The number of nitro groups is 1. The first kappa shape index (κ1) is 19.4. The number of thiazole rings is 1. The van der Waals surface area contributed by atoms with E-state index in [2.05, 4.69) is 9.97 Å². The molecule has 0 N–H and O–H groups in total. The molecule has 0 unspecified atom stereocenters. The molecule has 0 bridgehead atoms. The lowest BCUT2D eigenvalue weighted by Gasteiger charge is -2.17. The molecule has 0 radical (unpaired) electrons. The first-order valence-corrected chi connectivity index (χ1v) is 9.91. The second-order valence-corrected chi connectivity index (χ2v) is 7.40. The maximum atomic E-state index is 13.1. The van der Waals surface area contributed by atoms with Crippen molar-refractivity contribution >= 4 is 44.4 Å². The van der Waals surface area contributed by atoms with E-state index in [9.17, 15) is 14.9 Å². The lowest BCUT2D eigenvalue weighted by Crippen LogP contribution is -2.29. The number of benzene rings is 2. The van der Waals surface area contributed by atoms with Gasteiger partial charge in [0.15, 0.2) is 5.13 Å². The zero-order valence-corrected chi connectivity index (χ0v) is 16.5. The fraction of sp³-hybridized carbons (Fsp3) is 0.0455. The van der Waals surface area contributed by atoms with Crippen molar-refractivity contribution in [1.29, 1.82) is 0 Å². The predicted octanol–water partition coefficient (Wildman–Crippen LogP) is 4.85. The molecule has 4 rings (SSSR count). The SMILES string of the molecule is O=C(/C=C/c1cccc([N+](=O)[O-])c1)N(Cc1ccccn1)c1nc2ccccc2s1. The van der Waals surface area contributed by atoms with Crippen LogP contribution in [0.15, 0.2) is 79.0 Å². The number of para-hydroxylation sites is 1. The van der Waals surface area contributed by atoms with E-state index < -0.39 is 4.92 Å². The number of fused-ring (bicyclic) bond motifs is 1. The number of non-ortho nitro benzene ring substituents is 1. The summed E-state index contributed by atoms with van der Waals surface area (Å²) in [5, 5.41) is 11.5. The average Bonchev–Trinajstić information content (AvgIpc) is 3.20. The second-order valence-electron chi connectivity index (χ2n) is 6.40. The highest BCUT2D eigenvalue weighted by molar-refractivity contribution is 7.22. The molecule has 0 aliphatic carbocycles. The highest BCUT2D eigenvalue weighted by Gasteiger charge is 2.19. The number of pyridine rings is 1. The fourth-order valence-corrected chi connectivity index (χ4v) is 3.84. The van der Waals surface area contributed by atoms with Crippen LogP contribution in [0.25, 0.3) is 16.3 Å². The summed E-state index contributed by atoms with van der Waals surface area (Å²) in [6.45, 7) is 0.263. The average molecular weight is 416 g/mol.